The summed E-state index contributed by atoms with van der Waals surface area (Å²) in [4.78, 5) is 7.04. The molecule has 0 unspecified atom stereocenters. The second-order valence-corrected chi connectivity index (χ2v) is 6.58. The normalized spacial score (nSPS) is 11.7. The quantitative estimate of drug-likeness (QED) is 0.770. The summed E-state index contributed by atoms with van der Waals surface area (Å²) in [7, 11) is 0. The number of aromatic nitrogens is 1. The molecule has 0 aliphatic heterocycles. The summed E-state index contributed by atoms with van der Waals surface area (Å²) in [6, 6.07) is 6.23. The highest BCUT2D eigenvalue weighted by Crippen LogP contribution is 2.21. The van der Waals surface area contributed by atoms with Crippen molar-refractivity contribution in [3.63, 3.8) is 0 Å². The van der Waals surface area contributed by atoms with Gasteiger partial charge >= 0.3 is 0 Å². The monoisotopic (exact) mass is 275 g/mol. The molecule has 0 amide bonds. The molecule has 0 bridgehead atoms. The number of nitrogens with zero attached hydrogens (tertiary/aromatic N) is 2. The molecule has 0 atom stereocenters. The maximum Gasteiger partial charge on any atom is 0.129 e. The Kier molecular flexibility index (Phi) is 6.21. The summed E-state index contributed by atoms with van der Waals surface area (Å²) >= 11 is 0. The van der Waals surface area contributed by atoms with Crippen LogP contribution >= 0.6 is 0 Å². The average molecular weight is 275 g/mol. The first-order valence-electron chi connectivity index (χ1n) is 7.39. The molecule has 20 heavy (non-hydrogen) atoms. The Labute approximate surface area is 124 Å². The van der Waals surface area contributed by atoms with E-state index in [0.717, 1.165) is 31.1 Å². The van der Waals surface area contributed by atoms with Crippen LogP contribution in [0.25, 0.3) is 0 Å². The Morgan fingerprint density at radius 3 is 2.60 bits per heavy atom. The van der Waals surface area contributed by atoms with Crippen LogP contribution in [0.2, 0.25) is 0 Å². The third kappa shape index (κ3) is 5.33. The first kappa shape index (κ1) is 16.7. The minimum absolute atomic E-state index is 0.0329. The molecule has 3 nitrogen and oxygen atoms in total. The molecule has 0 aliphatic rings. The van der Waals surface area contributed by atoms with Crippen molar-refractivity contribution in [1.82, 2.24) is 10.3 Å². The van der Waals surface area contributed by atoms with Gasteiger partial charge in [0.2, 0.25) is 0 Å². The number of pyridine rings is 1. The van der Waals surface area contributed by atoms with Gasteiger partial charge in [0, 0.05) is 18.6 Å². The molecule has 1 N–H and O–H groups in total. The van der Waals surface area contributed by atoms with Gasteiger partial charge < -0.3 is 10.2 Å². The lowest BCUT2D eigenvalue weighted by Crippen LogP contribution is -2.42. The van der Waals surface area contributed by atoms with Crippen LogP contribution < -0.4 is 10.2 Å². The van der Waals surface area contributed by atoms with Crippen molar-refractivity contribution < 1.29 is 0 Å². The van der Waals surface area contributed by atoms with Gasteiger partial charge in [0.1, 0.15) is 5.82 Å². The van der Waals surface area contributed by atoms with E-state index in [1.807, 2.05) is 6.08 Å². The van der Waals surface area contributed by atoms with Crippen molar-refractivity contribution >= 4 is 5.82 Å². The van der Waals surface area contributed by atoms with Crippen molar-refractivity contribution in [1.29, 1.82) is 0 Å². The van der Waals surface area contributed by atoms with Crippen LogP contribution in [0, 0.1) is 5.92 Å². The Morgan fingerprint density at radius 2 is 2.05 bits per heavy atom. The summed E-state index contributed by atoms with van der Waals surface area (Å²) in [6.07, 6.45) is 1.93. The molecule has 1 rings (SSSR count). The van der Waals surface area contributed by atoms with E-state index in [0.29, 0.717) is 5.92 Å². The maximum absolute atomic E-state index is 4.77. The number of rotatable bonds is 7. The van der Waals surface area contributed by atoms with E-state index in [4.69, 9.17) is 4.98 Å². The molecule has 0 radical (unpaired) electrons. The minimum atomic E-state index is 0.0329. The van der Waals surface area contributed by atoms with Gasteiger partial charge in [0.15, 0.2) is 0 Å². The van der Waals surface area contributed by atoms with Crippen molar-refractivity contribution in [2.24, 2.45) is 5.92 Å². The lowest BCUT2D eigenvalue weighted by Gasteiger charge is -2.36. The zero-order valence-electron chi connectivity index (χ0n) is 13.6. The smallest absolute Gasteiger partial charge is 0.129 e. The SMILES string of the molecule is C=CCN(c1cccc(CNCC(C)C)n1)C(C)(C)C. The number of hydrogen-bond donors (Lipinski definition) is 1. The largest absolute Gasteiger partial charge is 0.348 e. The van der Waals surface area contributed by atoms with E-state index in [1.165, 1.54) is 0 Å². The molecule has 1 aromatic heterocycles. The second-order valence-electron chi connectivity index (χ2n) is 6.58. The van der Waals surface area contributed by atoms with Crippen molar-refractivity contribution in [2.45, 2.75) is 46.7 Å². The van der Waals surface area contributed by atoms with Gasteiger partial charge in [-0.3, -0.25) is 0 Å². The van der Waals surface area contributed by atoms with Crippen LogP contribution in [0.4, 0.5) is 5.82 Å². The van der Waals surface area contributed by atoms with Crippen LogP contribution in [0.3, 0.4) is 0 Å². The summed E-state index contributed by atoms with van der Waals surface area (Å²) in [5, 5.41) is 3.44. The van der Waals surface area contributed by atoms with Crippen LogP contribution in [0.5, 0.6) is 0 Å². The lowest BCUT2D eigenvalue weighted by molar-refractivity contribution is 0.515. The van der Waals surface area contributed by atoms with Gasteiger partial charge in [-0.05, 0) is 45.4 Å². The second kappa shape index (κ2) is 7.44. The van der Waals surface area contributed by atoms with E-state index in [2.05, 4.69) is 69.6 Å². The van der Waals surface area contributed by atoms with Crippen LogP contribution in [0.15, 0.2) is 30.9 Å². The first-order chi connectivity index (χ1) is 9.34. The number of anilines is 1. The van der Waals surface area contributed by atoms with E-state index < -0.39 is 0 Å². The molecule has 1 heterocycles. The number of hydrogen-bond acceptors (Lipinski definition) is 3. The van der Waals surface area contributed by atoms with Gasteiger partial charge in [-0.25, -0.2) is 4.98 Å². The molecular weight excluding hydrogens is 246 g/mol. The van der Waals surface area contributed by atoms with Crippen molar-refractivity contribution in [3.05, 3.63) is 36.5 Å². The Balaban J connectivity index is 2.81. The van der Waals surface area contributed by atoms with Crippen LogP contribution in [-0.4, -0.2) is 23.6 Å². The third-order valence-corrected chi connectivity index (χ3v) is 3.05. The molecule has 0 aromatic carbocycles. The fourth-order valence-corrected chi connectivity index (χ4v) is 2.04. The molecule has 112 valence electrons. The molecular formula is C17H29N3. The highest BCUT2D eigenvalue weighted by atomic mass is 15.2. The van der Waals surface area contributed by atoms with E-state index in [9.17, 15) is 0 Å². The van der Waals surface area contributed by atoms with Gasteiger partial charge in [0.05, 0.1) is 5.69 Å². The Hall–Kier alpha value is -1.35. The zero-order chi connectivity index (χ0) is 15.2. The van der Waals surface area contributed by atoms with E-state index in [-0.39, 0.29) is 5.54 Å². The van der Waals surface area contributed by atoms with Crippen LogP contribution in [0.1, 0.15) is 40.3 Å². The van der Waals surface area contributed by atoms with Crippen LogP contribution in [-0.2, 0) is 6.54 Å². The molecule has 0 saturated heterocycles. The van der Waals surface area contributed by atoms with E-state index >= 15 is 0 Å². The van der Waals surface area contributed by atoms with Gasteiger partial charge in [0.25, 0.3) is 0 Å². The highest BCUT2D eigenvalue weighted by molar-refractivity contribution is 5.42. The lowest BCUT2D eigenvalue weighted by atomic mass is 10.1. The first-order valence-corrected chi connectivity index (χ1v) is 7.39. The molecule has 0 spiro atoms. The fourth-order valence-electron chi connectivity index (χ4n) is 2.04. The summed E-state index contributed by atoms with van der Waals surface area (Å²) < 4.78 is 0. The van der Waals surface area contributed by atoms with Gasteiger partial charge in [-0.15, -0.1) is 6.58 Å². The predicted molar refractivity (Wildman–Crippen MR) is 88.1 cm³/mol. The third-order valence-electron chi connectivity index (χ3n) is 3.05. The average Bonchev–Trinajstić information content (AvgIpc) is 2.34. The zero-order valence-corrected chi connectivity index (χ0v) is 13.6. The fraction of sp³-hybridized carbons (Fsp3) is 0.588. The number of nitrogens with one attached hydrogen (secondary N) is 1. The molecule has 3 heteroatoms. The molecule has 0 saturated carbocycles. The van der Waals surface area contributed by atoms with E-state index in [1.54, 1.807) is 0 Å². The topological polar surface area (TPSA) is 28.2 Å². The molecule has 1 aromatic rings. The van der Waals surface area contributed by atoms with Gasteiger partial charge in [-0.2, -0.15) is 0 Å². The standard InChI is InChI=1S/C17H29N3/c1-7-11-20(17(4,5)6)16-10-8-9-15(19-16)13-18-12-14(2)3/h7-10,14,18H,1,11-13H2,2-6H3. The summed E-state index contributed by atoms with van der Waals surface area (Å²) in [5.41, 5.74) is 1.12. The van der Waals surface area contributed by atoms with Crippen molar-refractivity contribution in [3.8, 4) is 0 Å². The summed E-state index contributed by atoms with van der Waals surface area (Å²) in [5.74, 6) is 1.67. The Morgan fingerprint density at radius 1 is 1.35 bits per heavy atom. The van der Waals surface area contributed by atoms with Crippen molar-refractivity contribution in [2.75, 3.05) is 18.0 Å². The maximum atomic E-state index is 4.77. The van der Waals surface area contributed by atoms with Gasteiger partial charge in [-0.1, -0.05) is 26.0 Å². The Bertz CT molecular complexity index is 418. The summed E-state index contributed by atoms with van der Waals surface area (Å²) in [6.45, 7) is 17.5. The predicted octanol–water partition coefficient (Wildman–Crippen LogP) is 3.62. The molecule has 0 aliphatic carbocycles. The highest BCUT2D eigenvalue weighted by Gasteiger charge is 2.21. The molecule has 0 fully saturated rings. The minimum Gasteiger partial charge on any atom is -0.348 e.